The number of carbonyl (C=O) groups is 1. The number of fused-ring (bicyclic) bond motifs is 2. The molecule has 2 aromatic rings. The first-order chi connectivity index (χ1) is 17.0. The molecule has 1 saturated carbocycles. The molecule has 2 aromatic carbocycles. The Morgan fingerprint density at radius 2 is 1.86 bits per heavy atom. The van der Waals surface area contributed by atoms with E-state index in [2.05, 4.69) is 32.9 Å². The largest absolute Gasteiger partial charge is 0.482 e. The van der Waals surface area contributed by atoms with E-state index < -0.39 is 0 Å². The molecule has 0 aliphatic heterocycles. The summed E-state index contributed by atoms with van der Waals surface area (Å²) in [5.74, 6) is 4.60. The first-order valence-electron chi connectivity index (χ1n) is 14.0. The Kier molecular flexibility index (Phi) is 9.29. The second-order valence-electron chi connectivity index (χ2n) is 11.2. The van der Waals surface area contributed by atoms with Gasteiger partial charge in [0, 0.05) is 0 Å². The van der Waals surface area contributed by atoms with Crippen LogP contribution in [0, 0.1) is 29.6 Å². The molecule has 35 heavy (non-hydrogen) atoms. The van der Waals surface area contributed by atoms with Crippen molar-refractivity contribution in [1.82, 2.24) is 0 Å². The molecule has 0 unspecified atom stereocenters. The molecule has 3 nitrogen and oxygen atoms in total. The van der Waals surface area contributed by atoms with Crippen molar-refractivity contribution in [2.45, 2.75) is 85.2 Å². The van der Waals surface area contributed by atoms with Gasteiger partial charge in [-0.15, -0.1) is 0 Å². The highest BCUT2D eigenvalue weighted by Gasteiger charge is 2.43. The lowest BCUT2D eigenvalue weighted by molar-refractivity contribution is -0.147. The van der Waals surface area contributed by atoms with Crippen molar-refractivity contribution in [1.29, 1.82) is 0 Å². The number of hydrogen-bond donors (Lipinski definition) is 0. The first kappa shape index (κ1) is 25.8. The normalized spacial score (nSPS) is 23.9. The first-order valence-corrected chi connectivity index (χ1v) is 14.0. The molecule has 0 amide bonds. The van der Waals surface area contributed by atoms with E-state index in [1.807, 2.05) is 36.4 Å². The van der Waals surface area contributed by atoms with Crippen LogP contribution in [-0.2, 0) is 29.0 Å². The summed E-state index contributed by atoms with van der Waals surface area (Å²) in [6.45, 7) is 7.48. The minimum absolute atomic E-state index is 0.0354. The van der Waals surface area contributed by atoms with Crippen molar-refractivity contribution in [2.75, 3.05) is 6.61 Å². The van der Waals surface area contributed by atoms with Gasteiger partial charge in [0.15, 0.2) is 6.61 Å². The van der Waals surface area contributed by atoms with Crippen molar-refractivity contribution < 1.29 is 14.3 Å². The average Bonchev–Trinajstić information content (AvgIpc) is 3.18. The molecule has 1 fully saturated rings. The van der Waals surface area contributed by atoms with Gasteiger partial charge < -0.3 is 9.47 Å². The van der Waals surface area contributed by atoms with E-state index >= 15 is 0 Å². The van der Waals surface area contributed by atoms with Crippen molar-refractivity contribution in [2.24, 2.45) is 29.6 Å². The molecule has 2 aliphatic carbocycles. The zero-order chi connectivity index (χ0) is 24.6. The van der Waals surface area contributed by atoms with E-state index in [-0.39, 0.29) is 19.2 Å². The van der Waals surface area contributed by atoms with Gasteiger partial charge in [-0.05, 0) is 78.0 Å². The molecule has 0 aromatic heterocycles. The number of rotatable bonds is 12. The molecule has 0 N–H and O–H groups in total. The molecule has 190 valence electrons. The minimum Gasteiger partial charge on any atom is -0.482 e. The van der Waals surface area contributed by atoms with Gasteiger partial charge in [-0.2, -0.15) is 0 Å². The highest BCUT2D eigenvalue weighted by atomic mass is 16.6. The van der Waals surface area contributed by atoms with Gasteiger partial charge in [0.25, 0.3) is 0 Å². The number of hydrogen-bond acceptors (Lipinski definition) is 3. The number of ether oxygens (including phenoxy) is 2. The summed E-state index contributed by atoms with van der Waals surface area (Å²) in [5.41, 5.74) is 3.74. The van der Waals surface area contributed by atoms with Gasteiger partial charge in [0.05, 0.1) is 0 Å². The van der Waals surface area contributed by atoms with Crippen LogP contribution >= 0.6 is 0 Å². The van der Waals surface area contributed by atoms with Crippen LogP contribution in [0.1, 0.15) is 82.4 Å². The highest BCUT2D eigenvalue weighted by Crippen LogP contribution is 2.51. The van der Waals surface area contributed by atoms with Gasteiger partial charge >= 0.3 is 5.97 Å². The van der Waals surface area contributed by atoms with E-state index in [1.54, 1.807) is 0 Å². The van der Waals surface area contributed by atoms with Gasteiger partial charge in [0.2, 0.25) is 0 Å². The lowest BCUT2D eigenvalue weighted by atomic mass is 9.73. The van der Waals surface area contributed by atoms with Gasteiger partial charge in [0.1, 0.15) is 12.4 Å². The molecule has 2 aliphatic rings. The lowest BCUT2D eigenvalue weighted by Gasteiger charge is -2.33. The molecule has 3 heteroatoms. The zero-order valence-electron chi connectivity index (χ0n) is 22.0. The fourth-order valence-electron chi connectivity index (χ4n) is 6.62. The Bertz CT molecular complexity index is 937. The molecular weight excluding hydrogens is 432 g/mol. The van der Waals surface area contributed by atoms with Crippen LogP contribution < -0.4 is 4.74 Å². The maximum atomic E-state index is 12.3. The smallest absolute Gasteiger partial charge is 0.344 e. The monoisotopic (exact) mass is 476 g/mol. The number of benzene rings is 2. The summed E-state index contributed by atoms with van der Waals surface area (Å²) in [4.78, 5) is 12.3. The standard InChI is InChI=1S/C32H44O3/c1-4-5-7-11-23(2)16-17-28-24(3)18-27-20-30-26(19-29(27)28)14-10-15-31(30)34-22-32(33)35-21-25-12-8-6-9-13-25/h6,8-10,12-15,23-24,27-29H,4-5,7,11,16-22H2,1-3H3/t23-,24+,27+,28-,29-/m0/s1. The lowest BCUT2D eigenvalue weighted by Crippen LogP contribution is -2.27. The molecule has 0 radical (unpaired) electrons. The summed E-state index contributed by atoms with van der Waals surface area (Å²) in [7, 11) is 0. The molecule has 0 spiro atoms. The van der Waals surface area contributed by atoms with E-state index in [0.717, 1.165) is 53.7 Å². The summed E-state index contributed by atoms with van der Waals surface area (Å²) in [5, 5.41) is 0. The molecular formula is C32H44O3. The van der Waals surface area contributed by atoms with Crippen molar-refractivity contribution >= 4 is 5.97 Å². The fraction of sp³-hybridized carbons (Fsp3) is 0.594. The Hall–Kier alpha value is -2.29. The van der Waals surface area contributed by atoms with Crippen LogP contribution in [0.2, 0.25) is 0 Å². The summed E-state index contributed by atoms with van der Waals surface area (Å²) in [6.07, 6.45) is 11.8. The van der Waals surface area contributed by atoms with Crippen molar-refractivity contribution in [3.63, 3.8) is 0 Å². The third kappa shape index (κ3) is 6.90. The second kappa shape index (κ2) is 12.6. The van der Waals surface area contributed by atoms with E-state index in [1.165, 1.54) is 56.1 Å². The summed E-state index contributed by atoms with van der Waals surface area (Å²) < 4.78 is 11.4. The Morgan fingerprint density at radius 3 is 2.66 bits per heavy atom. The van der Waals surface area contributed by atoms with Crippen LogP contribution in [0.25, 0.3) is 0 Å². The SMILES string of the molecule is CCCCC[C@H](C)CC[C@@H]1[C@H]2Cc3cccc(OCC(=O)OCc4ccccc4)c3C[C@H]2C[C@H]1C. The third-order valence-corrected chi connectivity index (χ3v) is 8.59. The molecule has 0 saturated heterocycles. The van der Waals surface area contributed by atoms with Crippen LogP contribution in [0.15, 0.2) is 48.5 Å². The highest BCUT2D eigenvalue weighted by molar-refractivity contribution is 5.71. The van der Waals surface area contributed by atoms with Gasteiger partial charge in [-0.25, -0.2) is 4.79 Å². The van der Waals surface area contributed by atoms with Crippen molar-refractivity contribution in [3.05, 3.63) is 65.2 Å². The maximum Gasteiger partial charge on any atom is 0.344 e. The minimum atomic E-state index is -0.317. The van der Waals surface area contributed by atoms with Crippen LogP contribution in [0.3, 0.4) is 0 Å². The van der Waals surface area contributed by atoms with Crippen molar-refractivity contribution in [3.8, 4) is 5.75 Å². The van der Waals surface area contributed by atoms with E-state index in [4.69, 9.17) is 9.47 Å². The predicted molar refractivity (Wildman–Crippen MR) is 142 cm³/mol. The topological polar surface area (TPSA) is 35.5 Å². The number of carbonyl (C=O) groups excluding carboxylic acids is 1. The Balaban J connectivity index is 1.31. The maximum absolute atomic E-state index is 12.3. The second-order valence-corrected chi connectivity index (χ2v) is 11.2. The molecule has 4 rings (SSSR count). The quantitative estimate of drug-likeness (QED) is 0.232. The predicted octanol–water partition coefficient (Wildman–Crippen LogP) is 7.79. The molecule has 5 atom stereocenters. The Labute approximate surface area is 212 Å². The average molecular weight is 477 g/mol. The van der Waals surface area contributed by atoms with Crippen LogP contribution in [-0.4, -0.2) is 12.6 Å². The number of unbranched alkanes of at least 4 members (excludes halogenated alkanes) is 2. The van der Waals surface area contributed by atoms with E-state index in [0.29, 0.717) is 0 Å². The van der Waals surface area contributed by atoms with Crippen LogP contribution in [0.5, 0.6) is 5.75 Å². The zero-order valence-corrected chi connectivity index (χ0v) is 22.0. The molecule has 0 heterocycles. The summed E-state index contributed by atoms with van der Waals surface area (Å²) >= 11 is 0. The van der Waals surface area contributed by atoms with Gasteiger partial charge in [-0.1, -0.05) is 95.3 Å². The molecule has 0 bridgehead atoms. The fourth-order valence-corrected chi connectivity index (χ4v) is 6.62. The Morgan fingerprint density at radius 1 is 1.03 bits per heavy atom. The number of esters is 1. The van der Waals surface area contributed by atoms with Crippen LogP contribution in [0.4, 0.5) is 0 Å². The van der Waals surface area contributed by atoms with E-state index in [9.17, 15) is 4.79 Å². The van der Waals surface area contributed by atoms with Gasteiger partial charge in [-0.3, -0.25) is 0 Å². The third-order valence-electron chi connectivity index (χ3n) is 8.59. The summed E-state index contributed by atoms with van der Waals surface area (Å²) in [6, 6.07) is 16.2.